The van der Waals surface area contributed by atoms with Crippen LogP contribution in [0.3, 0.4) is 0 Å². The monoisotopic (exact) mass is 303 g/mol. The van der Waals surface area contributed by atoms with Crippen molar-refractivity contribution in [1.29, 1.82) is 0 Å². The van der Waals surface area contributed by atoms with Crippen molar-refractivity contribution in [2.45, 2.75) is 26.7 Å². The summed E-state index contributed by atoms with van der Waals surface area (Å²) in [4.78, 5) is 22.9. The normalized spacial score (nSPS) is 10.9. The topological polar surface area (TPSA) is 88.4 Å². The first-order valence-corrected chi connectivity index (χ1v) is 7.41. The Balaban J connectivity index is 1.69. The molecule has 0 radical (unpaired) electrons. The third-order valence-electron chi connectivity index (χ3n) is 3.23. The van der Waals surface area contributed by atoms with Crippen LogP contribution >= 0.6 is 0 Å². The molecule has 0 saturated heterocycles. The van der Waals surface area contributed by atoms with Crippen molar-refractivity contribution in [3.63, 3.8) is 0 Å². The van der Waals surface area contributed by atoms with Gasteiger partial charge in [-0.2, -0.15) is 0 Å². The quantitative estimate of drug-likeness (QED) is 0.731. The maximum atomic E-state index is 11.6. The van der Waals surface area contributed by atoms with Crippen LogP contribution in [0.1, 0.15) is 26.1 Å². The molecule has 2 heterocycles. The second-order valence-corrected chi connectivity index (χ2v) is 5.37. The largest absolute Gasteiger partial charge is 0.355 e. The molecule has 0 spiro atoms. The van der Waals surface area contributed by atoms with Crippen LogP contribution in [-0.4, -0.2) is 39.5 Å². The van der Waals surface area contributed by atoms with Crippen molar-refractivity contribution in [3.8, 4) is 0 Å². The molecule has 0 aliphatic rings. The summed E-state index contributed by atoms with van der Waals surface area (Å²) in [7, 11) is 0. The average molecular weight is 303 g/mol. The molecule has 2 rings (SSSR count). The number of aryl methyl sites for hydroxylation is 1. The van der Waals surface area contributed by atoms with Gasteiger partial charge in [0.05, 0.1) is 6.54 Å². The fourth-order valence-electron chi connectivity index (χ4n) is 1.97. The van der Waals surface area contributed by atoms with Crippen molar-refractivity contribution in [2.24, 2.45) is 5.92 Å². The Morgan fingerprint density at radius 2 is 2.05 bits per heavy atom. The molecule has 0 atom stereocenters. The summed E-state index contributed by atoms with van der Waals surface area (Å²) in [5, 5.41) is 13.6. The molecule has 0 fully saturated rings. The number of carbonyl (C=O) groups excluding carboxylic acids is 2. The van der Waals surface area contributed by atoms with Gasteiger partial charge >= 0.3 is 0 Å². The highest BCUT2D eigenvalue weighted by Gasteiger charge is 2.09. The Kier molecular flexibility index (Phi) is 5.46. The van der Waals surface area contributed by atoms with E-state index < -0.39 is 0 Å². The minimum Gasteiger partial charge on any atom is -0.355 e. The molecule has 0 aliphatic heterocycles. The molecular formula is C15H21N5O2. The van der Waals surface area contributed by atoms with E-state index in [1.54, 1.807) is 13.8 Å². The Morgan fingerprint density at radius 3 is 2.82 bits per heavy atom. The maximum absolute atomic E-state index is 11.6. The number of fused-ring (bicyclic) bond motifs is 1. The Labute approximate surface area is 129 Å². The van der Waals surface area contributed by atoms with Crippen molar-refractivity contribution in [1.82, 2.24) is 25.2 Å². The third kappa shape index (κ3) is 4.28. The average Bonchev–Trinajstić information content (AvgIpc) is 2.92. The van der Waals surface area contributed by atoms with E-state index in [0.717, 1.165) is 24.3 Å². The van der Waals surface area contributed by atoms with Crippen molar-refractivity contribution < 1.29 is 9.59 Å². The molecule has 2 amide bonds. The van der Waals surface area contributed by atoms with Gasteiger partial charge in [-0.1, -0.05) is 19.9 Å². The molecule has 118 valence electrons. The van der Waals surface area contributed by atoms with E-state index in [9.17, 15) is 9.59 Å². The van der Waals surface area contributed by atoms with Gasteiger partial charge in [0.2, 0.25) is 11.8 Å². The summed E-state index contributed by atoms with van der Waals surface area (Å²) >= 11 is 0. The van der Waals surface area contributed by atoms with E-state index in [1.165, 1.54) is 0 Å². The zero-order chi connectivity index (χ0) is 15.9. The van der Waals surface area contributed by atoms with Crippen LogP contribution in [0, 0.1) is 5.92 Å². The highest BCUT2D eigenvalue weighted by molar-refractivity contribution is 5.85. The number of hydrogen-bond acceptors (Lipinski definition) is 4. The van der Waals surface area contributed by atoms with Crippen molar-refractivity contribution in [3.05, 3.63) is 30.2 Å². The van der Waals surface area contributed by atoms with Gasteiger partial charge in [-0.3, -0.25) is 14.0 Å². The van der Waals surface area contributed by atoms with Gasteiger partial charge < -0.3 is 10.6 Å². The first kappa shape index (κ1) is 15.9. The van der Waals surface area contributed by atoms with Gasteiger partial charge in [-0.05, 0) is 18.6 Å². The molecule has 7 nitrogen and oxygen atoms in total. The number of pyridine rings is 1. The summed E-state index contributed by atoms with van der Waals surface area (Å²) in [6, 6.07) is 5.74. The fourth-order valence-corrected chi connectivity index (χ4v) is 1.97. The Hall–Kier alpha value is -2.44. The third-order valence-corrected chi connectivity index (χ3v) is 3.23. The second-order valence-electron chi connectivity index (χ2n) is 5.37. The van der Waals surface area contributed by atoms with Gasteiger partial charge in [0.1, 0.15) is 5.82 Å². The van der Waals surface area contributed by atoms with Crippen molar-refractivity contribution in [2.75, 3.05) is 13.1 Å². The first-order valence-electron chi connectivity index (χ1n) is 7.41. The predicted molar refractivity (Wildman–Crippen MR) is 82.2 cm³/mol. The molecule has 7 heteroatoms. The summed E-state index contributed by atoms with van der Waals surface area (Å²) in [5.74, 6) is 0.456. The lowest BCUT2D eigenvalue weighted by molar-refractivity contribution is -0.127. The van der Waals surface area contributed by atoms with E-state index in [-0.39, 0.29) is 24.3 Å². The smallest absolute Gasteiger partial charge is 0.239 e. The van der Waals surface area contributed by atoms with Crippen LogP contribution in [0.25, 0.3) is 5.65 Å². The minimum absolute atomic E-state index is 0.0187. The van der Waals surface area contributed by atoms with Crippen LogP contribution in [-0.2, 0) is 16.0 Å². The number of rotatable bonds is 7. The van der Waals surface area contributed by atoms with Crippen LogP contribution in [0.5, 0.6) is 0 Å². The van der Waals surface area contributed by atoms with Crippen LogP contribution in [0.4, 0.5) is 0 Å². The summed E-state index contributed by atoms with van der Waals surface area (Å²) < 4.78 is 1.94. The number of amides is 2. The lowest BCUT2D eigenvalue weighted by atomic mass is 10.2. The lowest BCUT2D eigenvalue weighted by Crippen LogP contribution is -2.38. The lowest BCUT2D eigenvalue weighted by Gasteiger charge is -2.08. The molecule has 0 saturated carbocycles. The van der Waals surface area contributed by atoms with E-state index in [2.05, 4.69) is 20.8 Å². The van der Waals surface area contributed by atoms with Gasteiger partial charge in [0.25, 0.3) is 0 Å². The molecule has 2 N–H and O–H groups in total. The molecule has 2 aromatic heterocycles. The van der Waals surface area contributed by atoms with E-state index in [4.69, 9.17) is 0 Å². The number of nitrogens with one attached hydrogen (secondary N) is 2. The van der Waals surface area contributed by atoms with Gasteiger partial charge in [0, 0.05) is 25.1 Å². The molecule has 0 aliphatic carbocycles. The zero-order valence-corrected chi connectivity index (χ0v) is 12.9. The minimum atomic E-state index is -0.180. The maximum Gasteiger partial charge on any atom is 0.239 e. The number of hydrogen-bond donors (Lipinski definition) is 2. The van der Waals surface area contributed by atoms with Crippen LogP contribution in [0.15, 0.2) is 24.4 Å². The standard InChI is InChI=1S/C15H21N5O2/c1-11(2)15(22)17-10-14(21)16-8-5-7-13-19-18-12-6-3-4-9-20(12)13/h3-4,6,9,11H,5,7-8,10H2,1-2H3,(H,16,21)(H,17,22). The summed E-state index contributed by atoms with van der Waals surface area (Å²) in [6.07, 6.45) is 3.41. The van der Waals surface area contributed by atoms with E-state index >= 15 is 0 Å². The Morgan fingerprint density at radius 1 is 1.23 bits per heavy atom. The number of carbonyl (C=O) groups is 2. The zero-order valence-electron chi connectivity index (χ0n) is 12.9. The number of aromatic nitrogens is 3. The molecular weight excluding hydrogens is 282 g/mol. The fraction of sp³-hybridized carbons (Fsp3) is 0.467. The van der Waals surface area contributed by atoms with Crippen molar-refractivity contribution >= 4 is 17.5 Å². The molecule has 22 heavy (non-hydrogen) atoms. The highest BCUT2D eigenvalue weighted by atomic mass is 16.2. The van der Waals surface area contributed by atoms with Crippen LogP contribution < -0.4 is 10.6 Å². The molecule has 2 aromatic rings. The van der Waals surface area contributed by atoms with E-state index in [1.807, 2.05) is 28.8 Å². The Bertz CT molecular complexity index is 650. The second kappa shape index (κ2) is 7.53. The SMILES string of the molecule is CC(C)C(=O)NCC(=O)NCCCc1nnc2ccccn12. The van der Waals surface area contributed by atoms with Gasteiger partial charge in [-0.15, -0.1) is 10.2 Å². The predicted octanol–water partition coefficient (Wildman–Crippen LogP) is 0.550. The van der Waals surface area contributed by atoms with Crippen LogP contribution in [0.2, 0.25) is 0 Å². The number of nitrogens with zero attached hydrogens (tertiary/aromatic N) is 3. The molecule has 0 aromatic carbocycles. The van der Waals surface area contributed by atoms with Gasteiger partial charge in [-0.25, -0.2) is 0 Å². The highest BCUT2D eigenvalue weighted by Crippen LogP contribution is 2.04. The van der Waals surface area contributed by atoms with Gasteiger partial charge in [0.15, 0.2) is 5.65 Å². The molecule has 0 unspecified atom stereocenters. The summed E-state index contributed by atoms with van der Waals surface area (Å²) in [6.45, 7) is 4.13. The van der Waals surface area contributed by atoms with E-state index in [0.29, 0.717) is 6.54 Å². The molecule has 0 bridgehead atoms. The first-order chi connectivity index (χ1) is 10.6. The summed E-state index contributed by atoms with van der Waals surface area (Å²) in [5.41, 5.74) is 0.818.